The van der Waals surface area contributed by atoms with E-state index in [-0.39, 0.29) is 22.9 Å². The molecule has 2 aliphatic carbocycles. The van der Waals surface area contributed by atoms with Crippen molar-refractivity contribution in [2.24, 2.45) is 5.41 Å². The molecule has 1 N–H and O–H groups in total. The lowest BCUT2D eigenvalue weighted by Gasteiger charge is -2.41. The van der Waals surface area contributed by atoms with Gasteiger partial charge in [0.15, 0.2) is 11.6 Å². The van der Waals surface area contributed by atoms with Crippen molar-refractivity contribution in [2.75, 3.05) is 0 Å². The molecule has 0 saturated heterocycles. The molecular weight excluding hydrogens is 334 g/mol. The van der Waals surface area contributed by atoms with Crippen LogP contribution in [0.4, 0.5) is 0 Å². The molecule has 1 aromatic carbocycles. The van der Waals surface area contributed by atoms with Gasteiger partial charge in [0.25, 0.3) is 0 Å². The van der Waals surface area contributed by atoms with E-state index >= 15 is 0 Å². The number of hydrogen-bond donors (Lipinski definition) is 1. The lowest BCUT2D eigenvalue weighted by atomic mass is 9.67. The van der Waals surface area contributed by atoms with Crippen LogP contribution in [0.15, 0.2) is 46.8 Å². The molecule has 3 nitrogen and oxygen atoms in total. The molecule has 0 aromatic heterocycles. The predicted octanol–water partition coefficient (Wildman–Crippen LogP) is 4.68. The Bertz CT molecular complexity index is 830. The zero-order valence-electron chi connectivity index (χ0n) is 14.6. The maximum Gasteiger partial charge on any atom is 0.162 e. The quantitative estimate of drug-likeness (QED) is 0.795. The Hall–Kier alpha value is -1.87. The van der Waals surface area contributed by atoms with Crippen LogP contribution in [0.2, 0.25) is 5.02 Å². The monoisotopic (exact) mass is 355 g/mol. The zero-order chi connectivity index (χ0) is 17.8. The number of halogens is 1. The number of hydrogen-bond acceptors (Lipinski definition) is 3. The van der Waals surface area contributed by atoms with E-state index in [0.29, 0.717) is 17.9 Å². The highest BCUT2D eigenvalue weighted by Gasteiger charge is 2.43. The Kier molecular flexibility index (Phi) is 3.88. The number of ketones is 2. The number of dihydropyridines is 1. The second-order valence-corrected chi connectivity index (χ2v) is 8.55. The average Bonchev–Trinajstić information content (AvgIpc) is 2.53. The Morgan fingerprint density at radius 2 is 1.64 bits per heavy atom. The lowest BCUT2D eigenvalue weighted by molar-refractivity contribution is -0.118. The molecule has 1 aliphatic heterocycles. The Morgan fingerprint density at radius 1 is 0.960 bits per heavy atom. The van der Waals surface area contributed by atoms with Crippen molar-refractivity contribution in [1.82, 2.24) is 5.32 Å². The van der Waals surface area contributed by atoms with Crippen molar-refractivity contribution in [3.05, 3.63) is 57.4 Å². The minimum absolute atomic E-state index is 0.0514. The van der Waals surface area contributed by atoms with Crippen molar-refractivity contribution >= 4 is 23.2 Å². The van der Waals surface area contributed by atoms with Crippen LogP contribution in [0.5, 0.6) is 0 Å². The first-order valence-corrected chi connectivity index (χ1v) is 9.28. The third-order valence-electron chi connectivity index (χ3n) is 5.46. The molecule has 3 aliphatic rings. The van der Waals surface area contributed by atoms with Gasteiger partial charge in [0, 0.05) is 46.3 Å². The van der Waals surface area contributed by atoms with Crippen LogP contribution in [0, 0.1) is 5.41 Å². The van der Waals surface area contributed by atoms with E-state index in [1.54, 1.807) is 0 Å². The molecule has 0 saturated carbocycles. The number of rotatable bonds is 1. The number of Topliss-reactive ketones (excluding diaryl/α,β-unsaturated/α-hetero) is 2. The maximum absolute atomic E-state index is 13.0. The molecule has 0 unspecified atom stereocenters. The topological polar surface area (TPSA) is 46.2 Å². The predicted molar refractivity (Wildman–Crippen MR) is 98.3 cm³/mol. The van der Waals surface area contributed by atoms with Crippen molar-refractivity contribution in [3.63, 3.8) is 0 Å². The standard InChI is InChI=1S/C21H22ClNO2/c1-21(2)10-15-20(17(25)11-21)18(12-6-8-13(22)9-7-12)19-14(23-15)4-3-5-16(19)24/h6-9,18,23H,3-5,10-11H2,1-2H3/t18-/m0/s1. The van der Waals surface area contributed by atoms with E-state index < -0.39 is 0 Å². The lowest BCUT2D eigenvalue weighted by Crippen LogP contribution is -2.39. The number of nitrogens with one attached hydrogen (secondary N) is 1. The van der Waals surface area contributed by atoms with Gasteiger partial charge in [0.1, 0.15) is 0 Å². The first kappa shape index (κ1) is 16.6. The van der Waals surface area contributed by atoms with Crippen LogP contribution in [0.3, 0.4) is 0 Å². The van der Waals surface area contributed by atoms with Gasteiger partial charge >= 0.3 is 0 Å². The molecule has 25 heavy (non-hydrogen) atoms. The van der Waals surface area contributed by atoms with Crippen LogP contribution >= 0.6 is 11.6 Å². The molecule has 4 heteroatoms. The van der Waals surface area contributed by atoms with E-state index in [9.17, 15) is 9.59 Å². The number of allylic oxidation sites excluding steroid dienone is 4. The molecule has 1 heterocycles. The molecule has 130 valence electrons. The average molecular weight is 356 g/mol. The molecule has 1 atom stereocenters. The van der Waals surface area contributed by atoms with E-state index in [1.165, 1.54) is 0 Å². The highest BCUT2D eigenvalue weighted by atomic mass is 35.5. The number of carbonyl (C=O) groups is 2. The van der Waals surface area contributed by atoms with Gasteiger partial charge in [-0.15, -0.1) is 0 Å². The van der Waals surface area contributed by atoms with Gasteiger partial charge in [-0.2, -0.15) is 0 Å². The molecule has 0 amide bonds. The highest BCUT2D eigenvalue weighted by Crippen LogP contribution is 2.48. The molecule has 0 bridgehead atoms. The summed E-state index contributed by atoms with van der Waals surface area (Å²) >= 11 is 6.05. The van der Waals surface area contributed by atoms with E-state index in [4.69, 9.17) is 11.6 Å². The summed E-state index contributed by atoms with van der Waals surface area (Å²) in [6, 6.07) is 7.57. The van der Waals surface area contributed by atoms with Gasteiger partial charge in [0.05, 0.1) is 0 Å². The Balaban J connectivity index is 1.90. The van der Waals surface area contributed by atoms with Crippen LogP contribution in [-0.2, 0) is 9.59 Å². The fourth-order valence-corrected chi connectivity index (χ4v) is 4.55. The van der Waals surface area contributed by atoms with Gasteiger partial charge in [0.2, 0.25) is 0 Å². The summed E-state index contributed by atoms with van der Waals surface area (Å²) in [4.78, 5) is 25.7. The third kappa shape index (κ3) is 2.85. The normalized spacial score (nSPS) is 25.5. The van der Waals surface area contributed by atoms with Gasteiger partial charge in [-0.1, -0.05) is 37.6 Å². The molecule has 1 aromatic rings. The SMILES string of the molecule is CC1(C)CC(=O)C2=C(C1)NC1=C(C(=O)CCC1)[C@@H]2c1ccc(Cl)cc1. The number of benzene rings is 1. The summed E-state index contributed by atoms with van der Waals surface area (Å²) in [5.74, 6) is 0.0708. The van der Waals surface area contributed by atoms with Crippen molar-refractivity contribution < 1.29 is 9.59 Å². The van der Waals surface area contributed by atoms with Crippen LogP contribution < -0.4 is 5.32 Å². The van der Waals surface area contributed by atoms with Crippen LogP contribution in [0.25, 0.3) is 0 Å². The van der Waals surface area contributed by atoms with Crippen LogP contribution in [-0.4, -0.2) is 11.6 Å². The van der Waals surface area contributed by atoms with Gasteiger partial charge in [-0.05, 0) is 42.4 Å². The first-order chi connectivity index (χ1) is 11.9. The Morgan fingerprint density at radius 3 is 2.36 bits per heavy atom. The largest absolute Gasteiger partial charge is 0.362 e. The Labute approximate surface area is 153 Å². The minimum atomic E-state index is -0.250. The van der Waals surface area contributed by atoms with E-state index in [1.807, 2.05) is 24.3 Å². The van der Waals surface area contributed by atoms with Gasteiger partial charge < -0.3 is 5.32 Å². The summed E-state index contributed by atoms with van der Waals surface area (Å²) in [6.45, 7) is 4.26. The van der Waals surface area contributed by atoms with Gasteiger partial charge in [-0.3, -0.25) is 9.59 Å². The van der Waals surface area contributed by atoms with Crippen LogP contribution in [0.1, 0.15) is 57.4 Å². The molecule has 0 radical (unpaired) electrons. The second kappa shape index (κ2) is 5.84. The van der Waals surface area contributed by atoms with Crippen molar-refractivity contribution in [1.29, 1.82) is 0 Å². The molecule has 4 rings (SSSR count). The van der Waals surface area contributed by atoms with E-state index in [2.05, 4.69) is 19.2 Å². The minimum Gasteiger partial charge on any atom is -0.362 e. The maximum atomic E-state index is 13.0. The molecule has 0 spiro atoms. The summed E-state index contributed by atoms with van der Waals surface area (Å²) in [6.07, 6.45) is 3.67. The van der Waals surface area contributed by atoms with Crippen molar-refractivity contribution in [3.8, 4) is 0 Å². The summed E-state index contributed by atoms with van der Waals surface area (Å²) in [5, 5.41) is 4.14. The number of carbonyl (C=O) groups excluding carboxylic acids is 2. The fourth-order valence-electron chi connectivity index (χ4n) is 4.42. The highest BCUT2D eigenvalue weighted by molar-refractivity contribution is 6.30. The van der Waals surface area contributed by atoms with Crippen molar-refractivity contribution in [2.45, 2.75) is 51.9 Å². The van der Waals surface area contributed by atoms with E-state index in [0.717, 1.165) is 47.4 Å². The third-order valence-corrected chi connectivity index (χ3v) is 5.71. The smallest absolute Gasteiger partial charge is 0.162 e. The summed E-state index contributed by atoms with van der Waals surface area (Å²) < 4.78 is 0. The summed E-state index contributed by atoms with van der Waals surface area (Å²) in [5.41, 5.74) is 4.53. The molecular formula is C21H22ClNO2. The molecule has 0 fully saturated rings. The summed E-state index contributed by atoms with van der Waals surface area (Å²) in [7, 11) is 0. The zero-order valence-corrected chi connectivity index (χ0v) is 15.4. The second-order valence-electron chi connectivity index (χ2n) is 8.11. The fraction of sp³-hybridized carbons (Fsp3) is 0.429. The van der Waals surface area contributed by atoms with Gasteiger partial charge in [-0.25, -0.2) is 0 Å². The first-order valence-electron chi connectivity index (χ1n) is 8.91.